The lowest BCUT2D eigenvalue weighted by molar-refractivity contribution is 0.329. The minimum Gasteiger partial charge on any atom is -0.479 e. The molecule has 0 aliphatic heterocycles. The van der Waals surface area contributed by atoms with Crippen molar-refractivity contribution in [1.29, 1.82) is 0 Å². The van der Waals surface area contributed by atoms with Gasteiger partial charge in [-0.25, -0.2) is 8.42 Å². The van der Waals surface area contributed by atoms with E-state index < -0.39 is 9.84 Å². The first-order valence-corrected chi connectivity index (χ1v) is 5.76. The molecule has 0 amide bonds. The first-order valence-electron chi connectivity index (χ1n) is 3.87. The van der Waals surface area contributed by atoms with Crippen LogP contribution in [-0.2, 0) is 9.84 Å². The number of benzene rings is 1. The summed E-state index contributed by atoms with van der Waals surface area (Å²) in [5, 5.41) is 0. The van der Waals surface area contributed by atoms with Gasteiger partial charge >= 0.3 is 0 Å². The number of sulfone groups is 1. The molecular formula is C8H12N2O3S. The zero-order valence-electron chi connectivity index (χ0n) is 7.73. The minimum atomic E-state index is -3.28. The van der Waals surface area contributed by atoms with Gasteiger partial charge in [-0.3, -0.25) is 5.73 Å². The molecular weight excluding hydrogens is 204 g/mol. The van der Waals surface area contributed by atoms with Crippen molar-refractivity contribution in [3.8, 4) is 5.75 Å². The lowest BCUT2D eigenvalue weighted by Crippen LogP contribution is -2.08. The van der Waals surface area contributed by atoms with Crippen molar-refractivity contribution in [2.75, 3.05) is 18.7 Å². The zero-order chi connectivity index (χ0) is 10.8. The number of anilines is 1. The Morgan fingerprint density at radius 2 is 2.07 bits per heavy atom. The Morgan fingerprint density at radius 1 is 1.43 bits per heavy atom. The molecule has 1 aromatic rings. The maximum atomic E-state index is 11.2. The van der Waals surface area contributed by atoms with Crippen LogP contribution in [0.3, 0.4) is 0 Å². The van der Waals surface area contributed by atoms with Gasteiger partial charge in [0.05, 0.1) is 10.6 Å². The second-order valence-corrected chi connectivity index (χ2v) is 4.77. The third kappa shape index (κ3) is 2.36. The van der Waals surface area contributed by atoms with Gasteiger partial charge in [-0.2, -0.15) is 0 Å². The third-order valence-electron chi connectivity index (χ3n) is 1.63. The lowest BCUT2D eigenvalue weighted by Gasteiger charge is -2.06. The van der Waals surface area contributed by atoms with Crippen molar-refractivity contribution < 1.29 is 13.2 Å². The molecule has 6 heteroatoms. The fourth-order valence-electron chi connectivity index (χ4n) is 1.05. The molecule has 0 aliphatic rings. The Morgan fingerprint density at radius 3 is 2.50 bits per heavy atom. The molecule has 0 heterocycles. The molecule has 0 fully saturated rings. The van der Waals surface area contributed by atoms with Crippen LogP contribution < -0.4 is 16.2 Å². The fourth-order valence-corrected chi connectivity index (χ4v) is 1.85. The highest BCUT2D eigenvalue weighted by atomic mass is 32.2. The summed E-state index contributed by atoms with van der Waals surface area (Å²) < 4.78 is 27.3. The lowest BCUT2D eigenvalue weighted by atomic mass is 10.3. The molecule has 0 atom stereocenters. The van der Waals surface area contributed by atoms with E-state index in [4.69, 9.17) is 16.2 Å². The highest BCUT2D eigenvalue weighted by Gasteiger charge is 2.11. The van der Waals surface area contributed by atoms with Crippen molar-refractivity contribution in [3.05, 3.63) is 18.2 Å². The summed E-state index contributed by atoms with van der Waals surface area (Å²) in [5.74, 6) is 0.456. The molecule has 0 spiro atoms. The van der Waals surface area contributed by atoms with Crippen LogP contribution in [0.4, 0.5) is 5.69 Å². The Balaban J connectivity index is 3.15. The molecule has 0 aliphatic carbocycles. The molecule has 5 nitrogen and oxygen atoms in total. The highest BCUT2D eigenvalue weighted by Crippen LogP contribution is 2.23. The molecule has 0 bridgehead atoms. The van der Waals surface area contributed by atoms with E-state index in [1.807, 2.05) is 0 Å². The van der Waals surface area contributed by atoms with Gasteiger partial charge < -0.3 is 10.5 Å². The van der Waals surface area contributed by atoms with E-state index in [0.717, 1.165) is 6.26 Å². The maximum Gasteiger partial charge on any atom is 0.177 e. The van der Waals surface area contributed by atoms with Gasteiger partial charge in [-0.05, 0) is 12.1 Å². The van der Waals surface area contributed by atoms with Gasteiger partial charge in [-0.15, -0.1) is 0 Å². The van der Waals surface area contributed by atoms with E-state index >= 15 is 0 Å². The van der Waals surface area contributed by atoms with Gasteiger partial charge in [0.2, 0.25) is 0 Å². The summed E-state index contributed by atoms with van der Waals surface area (Å²) in [6, 6.07) is 4.35. The third-order valence-corrected chi connectivity index (χ3v) is 2.80. The van der Waals surface area contributed by atoms with Crippen LogP contribution >= 0.6 is 0 Å². The highest BCUT2D eigenvalue weighted by molar-refractivity contribution is 7.90. The molecule has 78 valence electrons. The van der Waals surface area contributed by atoms with Gasteiger partial charge in [0.1, 0.15) is 12.5 Å². The smallest absolute Gasteiger partial charge is 0.177 e. The average Bonchev–Trinajstić information content (AvgIpc) is 2.02. The van der Waals surface area contributed by atoms with Crippen LogP contribution in [0.1, 0.15) is 0 Å². The van der Waals surface area contributed by atoms with Crippen molar-refractivity contribution in [2.24, 2.45) is 5.73 Å². The van der Waals surface area contributed by atoms with Crippen LogP contribution in [0.5, 0.6) is 5.75 Å². The van der Waals surface area contributed by atoms with Crippen molar-refractivity contribution >= 4 is 15.5 Å². The summed E-state index contributed by atoms with van der Waals surface area (Å²) in [6.07, 6.45) is 1.10. The molecule has 1 aromatic carbocycles. The molecule has 0 radical (unpaired) electrons. The van der Waals surface area contributed by atoms with Gasteiger partial charge in [0.25, 0.3) is 0 Å². The predicted molar refractivity (Wildman–Crippen MR) is 53.6 cm³/mol. The SMILES string of the molecule is CS(=O)(=O)c1ccc(OCN)cc1N. The first kappa shape index (κ1) is 10.8. The van der Waals surface area contributed by atoms with Gasteiger partial charge in [0, 0.05) is 12.3 Å². The number of hydrogen-bond donors (Lipinski definition) is 2. The van der Waals surface area contributed by atoms with Gasteiger partial charge in [0.15, 0.2) is 9.84 Å². The number of ether oxygens (including phenoxy) is 1. The van der Waals surface area contributed by atoms with E-state index in [9.17, 15) is 8.42 Å². The Hall–Kier alpha value is -1.27. The van der Waals surface area contributed by atoms with E-state index in [0.29, 0.717) is 5.75 Å². The van der Waals surface area contributed by atoms with E-state index in [-0.39, 0.29) is 17.3 Å². The van der Waals surface area contributed by atoms with Crippen LogP contribution in [0.25, 0.3) is 0 Å². The molecule has 14 heavy (non-hydrogen) atoms. The normalized spacial score (nSPS) is 11.3. The number of rotatable bonds is 3. The van der Waals surface area contributed by atoms with Crippen LogP contribution in [0.15, 0.2) is 23.1 Å². The second kappa shape index (κ2) is 3.85. The standard InChI is InChI=1S/C8H12N2O3S/c1-14(11,12)8-3-2-6(13-5-9)4-7(8)10/h2-4H,5,9-10H2,1H3. The summed E-state index contributed by atoms with van der Waals surface area (Å²) in [5.41, 5.74) is 10.9. The Bertz CT molecular complexity index is 428. The van der Waals surface area contributed by atoms with Crippen LogP contribution in [-0.4, -0.2) is 21.4 Å². The summed E-state index contributed by atoms with van der Waals surface area (Å²) in [4.78, 5) is 0.0990. The quantitative estimate of drug-likeness (QED) is 0.546. The predicted octanol–water partition coefficient (Wildman–Crippen LogP) is -0.0327. The Labute approximate surface area is 82.6 Å². The summed E-state index contributed by atoms with van der Waals surface area (Å²) in [7, 11) is -3.28. The molecule has 1 rings (SSSR count). The van der Waals surface area contributed by atoms with Crippen molar-refractivity contribution in [1.82, 2.24) is 0 Å². The first-order chi connectivity index (χ1) is 6.45. The molecule has 0 saturated carbocycles. The van der Waals surface area contributed by atoms with Crippen molar-refractivity contribution in [3.63, 3.8) is 0 Å². The second-order valence-electron chi connectivity index (χ2n) is 2.78. The molecule has 0 unspecified atom stereocenters. The van der Waals surface area contributed by atoms with E-state index in [2.05, 4.69) is 0 Å². The maximum absolute atomic E-state index is 11.2. The number of nitrogen functional groups attached to an aromatic ring is 1. The molecule has 0 aromatic heterocycles. The Kier molecular flexibility index (Phi) is 2.97. The van der Waals surface area contributed by atoms with Crippen LogP contribution in [0, 0.1) is 0 Å². The fraction of sp³-hybridized carbons (Fsp3) is 0.250. The topological polar surface area (TPSA) is 95.4 Å². The van der Waals surface area contributed by atoms with E-state index in [1.54, 1.807) is 0 Å². The minimum absolute atomic E-state index is 0.0255. The van der Waals surface area contributed by atoms with Gasteiger partial charge in [-0.1, -0.05) is 0 Å². The van der Waals surface area contributed by atoms with Crippen LogP contribution in [0.2, 0.25) is 0 Å². The summed E-state index contributed by atoms with van der Waals surface area (Å²) in [6.45, 7) is 0.0255. The monoisotopic (exact) mass is 216 g/mol. The molecule has 0 saturated heterocycles. The number of hydrogen-bond acceptors (Lipinski definition) is 5. The van der Waals surface area contributed by atoms with E-state index in [1.165, 1.54) is 18.2 Å². The van der Waals surface area contributed by atoms with Crippen molar-refractivity contribution in [2.45, 2.75) is 4.90 Å². The summed E-state index contributed by atoms with van der Waals surface area (Å²) >= 11 is 0. The largest absolute Gasteiger partial charge is 0.479 e. The number of nitrogens with two attached hydrogens (primary N) is 2. The zero-order valence-corrected chi connectivity index (χ0v) is 8.54. The molecule has 4 N–H and O–H groups in total. The average molecular weight is 216 g/mol.